The average molecular weight is 414 g/mol. The monoisotopic (exact) mass is 413 g/mol. The van der Waals surface area contributed by atoms with E-state index in [1.54, 1.807) is 29.3 Å². The molecule has 27 heavy (non-hydrogen) atoms. The molecule has 0 aliphatic heterocycles. The molecule has 4 rings (SSSR count). The van der Waals surface area contributed by atoms with E-state index in [2.05, 4.69) is 9.97 Å². The fourth-order valence-corrected chi connectivity index (χ4v) is 4.12. The fraction of sp³-hybridized carbons (Fsp3) is 0.0500. The number of carbonyl (C=O) groups is 1. The standard InChI is InChI=1S/C20H13Cl2N3OS/c21-13-8-9-15(16(22)11-13)19(26)25(12-14-5-3-4-10-23-14)20-24-17-6-1-2-7-18(17)27-20/h1-11H,12H2. The lowest BCUT2D eigenvalue weighted by Gasteiger charge is -2.20. The SMILES string of the molecule is O=C(c1ccc(Cl)cc1Cl)N(Cc1ccccn1)c1nc2ccccc2s1. The third kappa shape index (κ3) is 3.81. The van der Waals surface area contributed by atoms with Gasteiger partial charge in [-0.25, -0.2) is 4.98 Å². The number of fused-ring (bicyclic) bond motifs is 1. The van der Waals surface area contributed by atoms with E-state index in [0.717, 1.165) is 15.9 Å². The number of benzene rings is 2. The van der Waals surface area contributed by atoms with Gasteiger partial charge < -0.3 is 0 Å². The summed E-state index contributed by atoms with van der Waals surface area (Å²) < 4.78 is 1.01. The molecule has 1 amide bonds. The Hall–Kier alpha value is -2.47. The van der Waals surface area contributed by atoms with E-state index in [1.807, 2.05) is 42.5 Å². The van der Waals surface area contributed by atoms with Crippen LogP contribution >= 0.6 is 34.5 Å². The molecule has 0 bridgehead atoms. The molecule has 0 N–H and O–H groups in total. The van der Waals surface area contributed by atoms with Crippen molar-refractivity contribution in [2.45, 2.75) is 6.54 Å². The first-order valence-electron chi connectivity index (χ1n) is 8.14. The van der Waals surface area contributed by atoms with Gasteiger partial charge in [-0.05, 0) is 42.5 Å². The molecule has 0 aliphatic carbocycles. The van der Waals surface area contributed by atoms with Crippen LogP contribution in [0.2, 0.25) is 10.0 Å². The summed E-state index contributed by atoms with van der Waals surface area (Å²) in [5, 5.41) is 1.38. The first kappa shape index (κ1) is 17.9. The number of hydrogen-bond donors (Lipinski definition) is 0. The smallest absolute Gasteiger partial charge is 0.261 e. The summed E-state index contributed by atoms with van der Waals surface area (Å²) in [6.45, 7) is 0.290. The zero-order valence-electron chi connectivity index (χ0n) is 14.0. The first-order chi connectivity index (χ1) is 13.1. The van der Waals surface area contributed by atoms with Gasteiger partial charge in [0.25, 0.3) is 5.91 Å². The van der Waals surface area contributed by atoms with Gasteiger partial charge in [-0.3, -0.25) is 14.7 Å². The highest BCUT2D eigenvalue weighted by atomic mass is 35.5. The van der Waals surface area contributed by atoms with Crippen LogP contribution in [0.25, 0.3) is 10.2 Å². The maximum absolute atomic E-state index is 13.3. The minimum absolute atomic E-state index is 0.249. The predicted molar refractivity (Wildman–Crippen MR) is 111 cm³/mol. The number of halogens is 2. The van der Waals surface area contributed by atoms with Crippen molar-refractivity contribution >= 4 is 55.8 Å². The number of rotatable bonds is 4. The number of hydrogen-bond acceptors (Lipinski definition) is 4. The summed E-state index contributed by atoms with van der Waals surface area (Å²) in [5.74, 6) is -0.249. The molecule has 4 aromatic rings. The van der Waals surface area contributed by atoms with Crippen LogP contribution in [0.1, 0.15) is 16.1 Å². The summed E-state index contributed by atoms with van der Waals surface area (Å²) in [7, 11) is 0. The number of thiazole rings is 1. The van der Waals surface area contributed by atoms with E-state index in [-0.39, 0.29) is 5.91 Å². The topological polar surface area (TPSA) is 46.1 Å². The van der Waals surface area contributed by atoms with Gasteiger partial charge in [-0.15, -0.1) is 0 Å². The van der Waals surface area contributed by atoms with Gasteiger partial charge in [0.2, 0.25) is 0 Å². The summed E-state index contributed by atoms with van der Waals surface area (Å²) in [6.07, 6.45) is 1.70. The Labute approximate surface area is 170 Å². The number of carbonyl (C=O) groups excluding carboxylic acids is 1. The van der Waals surface area contributed by atoms with E-state index in [0.29, 0.717) is 27.3 Å². The highest BCUT2D eigenvalue weighted by molar-refractivity contribution is 7.22. The lowest BCUT2D eigenvalue weighted by Crippen LogP contribution is -2.31. The Morgan fingerprint density at radius 2 is 1.85 bits per heavy atom. The van der Waals surface area contributed by atoms with E-state index < -0.39 is 0 Å². The molecule has 2 aromatic heterocycles. The van der Waals surface area contributed by atoms with Crippen LogP contribution in [0.15, 0.2) is 66.9 Å². The maximum atomic E-state index is 13.3. The third-order valence-electron chi connectivity index (χ3n) is 3.97. The summed E-state index contributed by atoms with van der Waals surface area (Å²) in [6, 6.07) is 18.2. The van der Waals surface area contributed by atoms with Gasteiger partial charge in [-0.2, -0.15) is 0 Å². The molecule has 0 atom stereocenters. The van der Waals surface area contributed by atoms with Crippen molar-refractivity contribution in [1.82, 2.24) is 9.97 Å². The normalized spacial score (nSPS) is 10.9. The molecule has 4 nitrogen and oxygen atoms in total. The molecule has 0 spiro atoms. The van der Waals surface area contributed by atoms with Crippen molar-refractivity contribution in [3.63, 3.8) is 0 Å². The lowest BCUT2D eigenvalue weighted by atomic mass is 10.2. The van der Waals surface area contributed by atoms with Crippen LogP contribution in [-0.2, 0) is 6.54 Å². The molecule has 0 radical (unpaired) electrons. The Balaban J connectivity index is 1.78. The van der Waals surface area contributed by atoms with Gasteiger partial charge in [0.1, 0.15) is 0 Å². The van der Waals surface area contributed by atoms with E-state index in [9.17, 15) is 4.79 Å². The molecule has 0 saturated carbocycles. The second-order valence-electron chi connectivity index (χ2n) is 5.80. The minimum Gasteiger partial charge on any atom is -0.278 e. The zero-order chi connectivity index (χ0) is 18.8. The summed E-state index contributed by atoms with van der Waals surface area (Å²) in [5.41, 5.74) is 1.98. The quantitative estimate of drug-likeness (QED) is 0.421. The number of aromatic nitrogens is 2. The van der Waals surface area contributed by atoms with Crippen molar-refractivity contribution in [3.05, 3.63) is 88.2 Å². The van der Waals surface area contributed by atoms with E-state index >= 15 is 0 Å². The van der Waals surface area contributed by atoms with Crippen molar-refractivity contribution < 1.29 is 4.79 Å². The number of para-hydroxylation sites is 1. The molecular formula is C20H13Cl2N3OS. The van der Waals surface area contributed by atoms with E-state index in [1.165, 1.54) is 11.3 Å². The predicted octanol–water partition coefficient (Wildman–Crippen LogP) is 5.85. The summed E-state index contributed by atoms with van der Waals surface area (Å²) >= 11 is 13.7. The van der Waals surface area contributed by atoms with Gasteiger partial charge in [0.15, 0.2) is 5.13 Å². The number of pyridine rings is 1. The van der Waals surface area contributed by atoms with Crippen LogP contribution < -0.4 is 4.90 Å². The highest BCUT2D eigenvalue weighted by Gasteiger charge is 2.24. The molecule has 2 heterocycles. The van der Waals surface area contributed by atoms with Crippen molar-refractivity contribution in [1.29, 1.82) is 0 Å². The van der Waals surface area contributed by atoms with Crippen molar-refractivity contribution in [2.24, 2.45) is 0 Å². The number of anilines is 1. The maximum Gasteiger partial charge on any atom is 0.261 e. The molecule has 2 aromatic carbocycles. The van der Waals surface area contributed by atoms with Gasteiger partial charge in [-0.1, -0.05) is 52.7 Å². The second kappa shape index (κ2) is 7.64. The van der Waals surface area contributed by atoms with Gasteiger partial charge in [0.05, 0.1) is 33.0 Å². The molecule has 0 fully saturated rings. The Morgan fingerprint density at radius 3 is 2.59 bits per heavy atom. The van der Waals surface area contributed by atoms with Crippen LogP contribution in [-0.4, -0.2) is 15.9 Å². The van der Waals surface area contributed by atoms with Crippen LogP contribution in [0.4, 0.5) is 5.13 Å². The van der Waals surface area contributed by atoms with Crippen LogP contribution in [0, 0.1) is 0 Å². The first-order valence-corrected chi connectivity index (χ1v) is 9.71. The number of amides is 1. The van der Waals surface area contributed by atoms with Crippen LogP contribution in [0.3, 0.4) is 0 Å². The van der Waals surface area contributed by atoms with Crippen LogP contribution in [0.5, 0.6) is 0 Å². The van der Waals surface area contributed by atoms with Crippen molar-refractivity contribution in [2.75, 3.05) is 4.90 Å². The molecule has 7 heteroatoms. The van der Waals surface area contributed by atoms with Gasteiger partial charge in [0, 0.05) is 11.2 Å². The zero-order valence-corrected chi connectivity index (χ0v) is 16.3. The number of nitrogens with zero attached hydrogens (tertiary/aromatic N) is 3. The largest absolute Gasteiger partial charge is 0.278 e. The lowest BCUT2D eigenvalue weighted by molar-refractivity contribution is 0.0985. The second-order valence-corrected chi connectivity index (χ2v) is 7.65. The highest BCUT2D eigenvalue weighted by Crippen LogP contribution is 2.32. The van der Waals surface area contributed by atoms with Crippen molar-refractivity contribution in [3.8, 4) is 0 Å². The molecule has 134 valence electrons. The average Bonchev–Trinajstić information content (AvgIpc) is 3.10. The van der Waals surface area contributed by atoms with E-state index in [4.69, 9.17) is 23.2 Å². The Kier molecular flexibility index (Phi) is 5.07. The third-order valence-corrected chi connectivity index (χ3v) is 5.57. The Bertz CT molecular complexity index is 1080. The molecule has 0 aliphatic rings. The summed E-state index contributed by atoms with van der Waals surface area (Å²) in [4.78, 5) is 23.9. The molecule has 0 saturated heterocycles. The molecular weight excluding hydrogens is 401 g/mol. The fourth-order valence-electron chi connectivity index (χ4n) is 2.66. The Morgan fingerprint density at radius 1 is 1.04 bits per heavy atom. The molecule has 0 unspecified atom stereocenters. The minimum atomic E-state index is -0.249. The van der Waals surface area contributed by atoms with Gasteiger partial charge >= 0.3 is 0 Å².